The number of rotatable bonds is 6. The van der Waals surface area contributed by atoms with Gasteiger partial charge in [-0.25, -0.2) is 0 Å². The van der Waals surface area contributed by atoms with Crippen molar-refractivity contribution in [2.45, 2.75) is 38.9 Å². The third-order valence-corrected chi connectivity index (χ3v) is 3.44. The fraction of sp³-hybridized carbons (Fsp3) is 0.538. The first kappa shape index (κ1) is 14.8. The molecule has 1 aromatic carbocycles. The highest BCUT2D eigenvalue weighted by atomic mass is 35.5. The van der Waals surface area contributed by atoms with Gasteiger partial charge in [0.05, 0.1) is 16.1 Å². The van der Waals surface area contributed by atoms with E-state index < -0.39 is 6.10 Å². The summed E-state index contributed by atoms with van der Waals surface area (Å²) in [5, 5.41) is 11.1. The molecule has 0 radical (unpaired) electrons. The van der Waals surface area contributed by atoms with Crippen LogP contribution in [-0.2, 0) is 4.74 Å². The Labute approximate surface area is 113 Å². The van der Waals surface area contributed by atoms with Crippen molar-refractivity contribution in [2.24, 2.45) is 0 Å². The monoisotopic (exact) mass is 276 g/mol. The minimum absolute atomic E-state index is 0.235. The summed E-state index contributed by atoms with van der Waals surface area (Å²) in [5.41, 5.74) is 0.631. The Kier molecular flexibility index (Phi) is 6.28. The predicted molar refractivity (Wildman–Crippen MR) is 71.7 cm³/mol. The van der Waals surface area contributed by atoms with Crippen molar-refractivity contribution in [3.8, 4) is 0 Å². The van der Waals surface area contributed by atoms with Crippen LogP contribution in [0.3, 0.4) is 0 Å². The Hall–Kier alpha value is -0.280. The third kappa shape index (κ3) is 3.85. The number of hydrogen-bond donors (Lipinski definition) is 1. The number of aliphatic hydroxyl groups is 1. The SMILES string of the molecule is CCCC(OCC)C(O)c1cccc(Cl)c1Cl. The van der Waals surface area contributed by atoms with Crippen LogP contribution in [0.1, 0.15) is 38.4 Å². The minimum atomic E-state index is -0.735. The average Bonchev–Trinajstić information content (AvgIpc) is 2.31. The van der Waals surface area contributed by atoms with E-state index in [1.807, 2.05) is 6.92 Å². The second-order valence-corrected chi connectivity index (χ2v) is 4.66. The summed E-state index contributed by atoms with van der Waals surface area (Å²) in [5.74, 6) is 0. The smallest absolute Gasteiger partial charge is 0.107 e. The van der Waals surface area contributed by atoms with E-state index in [1.165, 1.54) is 0 Å². The summed E-state index contributed by atoms with van der Waals surface area (Å²) in [6.45, 7) is 4.53. The van der Waals surface area contributed by atoms with Crippen LogP contribution < -0.4 is 0 Å². The Morgan fingerprint density at radius 1 is 1.29 bits per heavy atom. The average molecular weight is 277 g/mol. The highest BCUT2D eigenvalue weighted by molar-refractivity contribution is 6.42. The highest BCUT2D eigenvalue weighted by Gasteiger charge is 2.23. The highest BCUT2D eigenvalue weighted by Crippen LogP contribution is 2.33. The largest absolute Gasteiger partial charge is 0.386 e. The van der Waals surface area contributed by atoms with Crippen molar-refractivity contribution < 1.29 is 9.84 Å². The fourth-order valence-corrected chi connectivity index (χ4v) is 2.20. The maximum atomic E-state index is 10.3. The van der Waals surface area contributed by atoms with Gasteiger partial charge in [0.25, 0.3) is 0 Å². The quantitative estimate of drug-likeness (QED) is 0.843. The molecule has 0 aliphatic carbocycles. The topological polar surface area (TPSA) is 29.5 Å². The van der Waals surface area contributed by atoms with Crippen molar-refractivity contribution >= 4 is 23.2 Å². The third-order valence-electron chi connectivity index (χ3n) is 2.61. The van der Waals surface area contributed by atoms with E-state index >= 15 is 0 Å². The Balaban J connectivity index is 2.92. The lowest BCUT2D eigenvalue weighted by Gasteiger charge is -2.23. The first-order chi connectivity index (χ1) is 8.11. The second-order valence-electron chi connectivity index (χ2n) is 3.87. The van der Waals surface area contributed by atoms with Crippen LogP contribution in [0.15, 0.2) is 18.2 Å². The van der Waals surface area contributed by atoms with Crippen LogP contribution in [0.4, 0.5) is 0 Å². The molecule has 1 rings (SSSR count). The zero-order chi connectivity index (χ0) is 12.8. The summed E-state index contributed by atoms with van der Waals surface area (Å²) in [6, 6.07) is 5.26. The molecule has 2 unspecified atom stereocenters. The first-order valence-electron chi connectivity index (χ1n) is 5.85. The van der Waals surface area contributed by atoms with E-state index in [2.05, 4.69) is 6.92 Å². The number of aliphatic hydroxyl groups excluding tert-OH is 1. The molecule has 0 spiro atoms. The van der Waals surface area contributed by atoms with Gasteiger partial charge in [-0.3, -0.25) is 0 Å². The molecule has 0 heterocycles. The lowest BCUT2D eigenvalue weighted by Crippen LogP contribution is -2.22. The standard InChI is InChI=1S/C13H18Cl2O2/c1-3-6-11(17-4-2)13(16)9-7-5-8-10(14)12(9)15/h5,7-8,11,13,16H,3-4,6H2,1-2H3. The predicted octanol–water partition coefficient (Wildman–Crippen LogP) is 4.23. The summed E-state index contributed by atoms with van der Waals surface area (Å²) < 4.78 is 5.54. The van der Waals surface area contributed by atoms with Crippen molar-refractivity contribution in [1.82, 2.24) is 0 Å². The molecule has 0 aliphatic rings. The van der Waals surface area contributed by atoms with E-state index in [-0.39, 0.29) is 6.10 Å². The number of halogens is 2. The molecular formula is C13H18Cl2O2. The van der Waals surface area contributed by atoms with Gasteiger partial charge in [0, 0.05) is 12.2 Å². The number of hydrogen-bond acceptors (Lipinski definition) is 2. The van der Waals surface area contributed by atoms with Crippen molar-refractivity contribution in [3.05, 3.63) is 33.8 Å². The summed E-state index contributed by atoms with van der Waals surface area (Å²) in [6.07, 6.45) is 0.764. The van der Waals surface area contributed by atoms with E-state index in [9.17, 15) is 5.11 Å². The second kappa shape index (κ2) is 7.22. The van der Waals surface area contributed by atoms with Crippen LogP contribution in [-0.4, -0.2) is 17.8 Å². The van der Waals surface area contributed by atoms with E-state index in [0.29, 0.717) is 22.2 Å². The van der Waals surface area contributed by atoms with E-state index in [1.54, 1.807) is 18.2 Å². The summed E-state index contributed by atoms with van der Waals surface area (Å²) in [7, 11) is 0. The Morgan fingerprint density at radius 3 is 2.59 bits per heavy atom. The van der Waals surface area contributed by atoms with Crippen molar-refractivity contribution in [1.29, 1.82) is 0 Å². The van der Waals surface area contributed by atoms with Gasteiger partial charge < -0.3 is 9.84 Å². The molecule has 2 nitrogen and oxygen atoms in total. The molecule has 4 heteroatoms. The summed E-state index contributed by atoms with van der Waals surface area (Å²) in [4.78, 5) is 0. The van der Waals surface area contributed by atoms with Crippen LogP contribution in [0.2, 0.25) is 10.0 Å². The maximum absolute atomic E-state index is 10.3. The van der Waals surface area contributed by atoms with Gasteiger partial charge in [-0.05, 0) is 19.4 Å². The Bertz CT molecular complexity index is 349. The Morgan fingerprint density at radius 2 is 2.00 bits per heavy atom. The van der Waals surface area contributed by atoms with Crippen molar-refractivity contribution in [2.75, 3.05) is 6.61 Å². The molecule has 0 amide bonds. The molecule has 0 saturated heterocycles. The van der Waals surface area contributed by atoms with Crippen LogP contribution in [0.25, 0.3) is 0 Å². The fourth-order valence-electron chi connectivity index (χ4n) is 1.78. The van der Waals surface area contributed by atoms with Gasteiger partial charge in [0.15, 0.2) is 0 Å². The van der Waals surface area contributed by atoms with Gasteiger partial charge in [0.1, 0.15) is 6.10 Å². The van der Waals surface area contributed by atoms with Crippen LogP contribution in [0.5, 0.6) is 0 Å². The first-order valence-corrected chi connectivity index (χ1v) is 6.60. The molecule has 0 fully saturated rings. The molecule has 96 valence electrons. The zero-order valence-electron chi connectivity index (χ0n) is 10.1. The van der Waals surface area contributed by atoms with Gasteiger partial charge in [0.2, 0.25) is 0 Å². The zero-order valence-corrected chi connectivity index (χ0v) is 11.6. The molecule has 0 aromatic heterocycles. The van der Waals surface area contributed by atoms with Crippen molar-refractivity contribution in [3.63, 3.8) is 0 Å². The van der Waals surface area contributed by atoms with Gasteiger partial charge >= 0.3 is 0 Å². The molecule has 0 saturated carbocycles. The lowest BCUT2D eigenvalue weighted by molar-refractivity contribution is -0.0384. The molecule has 0 aliphatic heterocycles. The van der Waals surface area contributed by atoms with Gasteiger partial charge in [-0.1, -0.05) is 48.7 Å². The van der Waals surface area contributed by atoms with E-state index in [0.717, 1.165) is 12.8 Å². The molecular weight excluding hydrogens is 259 g/mol. The lowest BCUT2D eigenvalue weighted by atomic mass is 10.0. The molecule has 1 aromatic rings. The van der Waals surface area contributed by atoms with Crippen LogP contribution in [0, 0.1) is 0 Å². The van der Waals surface area contributed by atoms with Gasteiger partial charge in [-0.2, -0.15) is 0 Å². The van der Waals surface area contributed by atoms with Gasteiger partial charge in [-0.15, -0.1) is 0 Å². The van der Waals surface area contributed by atoms with Crippen LogP contribution >= 0.6 is 23.2 Å². The molecule has 17 heavy (non-hydrogen) atoms. The maximum Gasteiger partial charge on any atom is 0.107 e. The number of benzene rings is 1. The summed E-state index contributed by atoms with van der Waals surface area (Å²) >= 11 is 12.0. The van der Waals surface area contributed by atoms with E-state index in [4.69, 9.17) is 27.9 Å². The number of ether oxygens (including phenoxy) is 1. The molecule has 0 bridgehead atoms. The minimum Gasteiger partial charge on any atom is -0.386 e. The molecule has 1 N–H and O–H groups in total. The normalized spacial score (nSPS) is 14.6. The molecule has 2 atom stereocenters.